The Balaban J connectivity index is 1.22. The first-order chi connectivity index (χ1) is 28.3. The van der Waals surface area contributed by atoms with Crippen LogP contribution in [0.15, 0.2) is 192 Å². The van der Waals surface area contributed by atoms with Gasteiger partial charge in [-0.25, -0.2) is 15.0 Å². The zero-order valence-electron chi connectivity index (χ0n) is 30.5. The number of fused-ring (bicyclic) bond motifs is 9. The van der Waals surface area contributed by atoms with Crippen molar-refractivity contribution < 1.29 is 4.42 Å². The van der Waals surface area contributed by atoms with Gasteiger partial charge in [-0.2, -0.15) is 0 Å². The second-order valence-electron chi connectivity index (χ2n) is 14.4. The summed E-state index contributed by atoms with van der Waals surface area (Å²) in [6.45, 7) is 0. The van der Waals surface area contributed by atoms with Crippen LogP contribution in [0.2, 0.25) is 0 Å². The van der Waals surface area contributed by atoms with Gasteiger partial charge in [-0.15, -0.1) is 0 Å². The van der Waals surface area contributed by atoms with Gasteiger partial charge in [0.25, 0.3) is 0 Å². The van der Waals surface area contributed by atoms with Gasteiger partial charge in [0.1, 0.15) is 5.58 Å². The standard InChI is InChI=1S/C51H31N5O/c1-3-16-32(17-4-1)49-52-50(33-18-5-2-6-19-33)54-51(53-49)39-24-15-29-46-47(39)40-30-34(55-41-25-11-7-20-35(41)36-21-8-12-26-42(36)55)31-45(48(40)57-46)56-43-27-13-9-22-37(43)38-23-10-14-28-44(38)56/h1-31H. The monoisotopic (exact) mass is 729 g/mol. The summed E-state index contributed by atoms with van der Waals surface area (Å²) in [4.78, 5) is 15.3. The largest absolute Gasteiger partial charge is 0.454 e. The topological polar surface area (TPSA) is 61.7 Å². The molecule has 0 aliphatic rings. The molecule has 0 spiro atoms. The second-order valence-corrected chi connectivity index (χ2v) is 14.4. The Morgan fingerprint density at radius 3 is 1.35 bits per heavy atom. The van der Waals surface area contributed by atoms with Gasteiger partial charge < -0.3 is 13.6 Å². The van der Waals surface area contributed by atoms with E-state index in [1.165, 1.54) is 21.5 Å². The van der Waals surface area contributed by atoms with E-state index in [0.717, 1.165) is 72.1 Å². The minimum absolute atomic E-state index is 0.580. The molecule has 0 saturated carbocycles. The van der Waals surface area contributed by atoms with Gasteiger partial charge >= 0.3 is 0 Å². The predicted octanol–water partition coefficient (Wildman–Crippen LogP) is 13.0. The summed E-state index contributed by atoms with van der Waals surface area (Å²) in [6.07, 6.45) is 0. The predicted molar refractivity (Wildman–Crippen MR) is 232 cm³/mol. The summed E-state index contributed by atoms with van der Waals surface area (Å²) in [7, 11) is 0. The van der Waals surface area contributed by atoms with Crippen molar-refractivity contribution >= 4 is 65.6 Å². The Morgan fingerprint density at radius 2 is 0.825 bits per heavy atom. The Bertz CT molecular complexity index is 3360. The zero-order valence-corrected chi connectivity index (χ0v) is 30.5. The number of hydrogen-bond donors (Lipinski definition) is 0. The van der Waals surface area contributed by atoms with E-state index in [1.807, 2.05) is 72.8 Å². The lowest BCUT2D eigenvalue weighted by Crippen LogP contribution is -2.01. The van der Waals surface area contributed by atoms with Crippen molar-refractivity contribution in [1.29, 1.82) is 0 Å². The van der Waals surface area contributed by atoms with Crippen LogP contribution < -0.4 is 0 Å². The van der Waals surface area contributed by atoms with Crippen molar-refractivity contribution in [1.82, 2.24) is 24.1 Å². The van der Waals surface area contributed by atoms with Crippen LogP contribution in [-0.4, -0.2) is 24.1 Å². The van der Waals surface area contributed by atoms with Gasteiger partial charge in [-0.1, -0.05) is 146 Å². The molecule has 12 aromatic rings. The van der Waals surface area contributed by atoms with Gasteiger partial charge in [0.05, 0.1) is 27.8 Å². The van der Waals surface area contributed by atoms with E-state index < -0.39 is 0 Å². The van der Waals surface area contributed by atoms with E-state index in [2.05, 4.69) is 124 Å². The SMILES string of the molecule is c1ccc(-c2nc(-c3ccccc3)nc(-c3cccc4oc5c(-n6c7ccccc7c7ccccc76)cc(-n6c7ccccc7c7ccccc76)cc5c34)n2)cc1. The molecule has 0 radical (unpaired) electrons. The van der Waals surface area contributed by atoms with Gasteiger partial charge in [0, 0.05) is 54.7 Å². The van der Waals surface area contributed by atoms with Crippen molar-refractivity contribution in [2.24, 2.45) is 0 Å². The Hall–Kier alpha value is -7.83. The maximum absolute atomic E-state index is 7.04. The van der Waals surface area contributed by atoms with Gasteiger partial charge in [0.2, 0.25) is 0 Å². The van der Waals surface area contributed by atoms with E-state index >= 15 is 0 Å². The summed E-state index contributed by atoms with van der Waals surface area (Å²) in [5.41, 5.74) is 10.7. The highest BCUT2D eigenvalue weighted by molar-refractivity contribution is 6.17. The Labute approximate surface area is 326 Å². The number of para-hydroxylation sites is 4. The average Bonchev–Trinajstić information content (AvgIpc) is 3.95. The maximum Gasteiger partial charge on any atom is 0.164 e. The molecule has 12 rings (SSSR count). The summed E-state index contributed by atoms with van der Waals surface area (Å²) in [5.74, 6) is 1.80. The molecule has 0 atom stereocenters. The molecule has 6 heteroatoms. The van der Waals surface area contributed by atoms with Crippen molar-refractivity contribution in [3.8, 4) is 45.5 Å². The third kappa shape index (κ3) is 4.81. The molecule has 57 heavy (non-hydrogen) atoms. The number of aromatic nitrogens is 5. The van der Waals surface area contributed by atoms with Crippen LogP contribution in [0.25, 0.3) is 111 Å². The molecular weight excluding hydrogens is 699 g/mol. The van der Waals surface area contributed by atoms with Gasteiger partial charge in [-0.05, 0) is 42.5 Å². The molecule has 4 aromatic heterocycles. The minimum atomic E-state index is 0.580. The third-order valence-electron chi connectivity index (χ3n) is 11.2. The molecular formula is C51H31N5O. The highest BCUT2D eigenvalue weighted by Gasteiger charge is 2.24. The summed E-state index contributed by atoms with van der Waals surface area (Å²) < 4.78 is 11.8. The lowest BCUT2D eigenvalue weighted by molar-refractivity contribution is 0.666. The number of hydrogen-bond acceptors (Lipinski definition) is 4. The summed E-state index contributed by atoms with van der Waals surface area (Å²) in [6, 6.07) is 65.5. The van der Waals surface area contributed by atoms with E-state index in [0.29, 0.717) is 17.5 Å². The molecule has 0 fully saturated rings. The first-order valence-electron chi connectivity index (χ1n) is 19.1. The van der Waals surface area contributed by atoms with Crippen LogP contribution >= 0.6 is 0 Å². The first-order valence-corrected chi connectivity index (χ1v) is 19.1. The third-order valence-corrected chi connectivity index (χ3v) is 11.2. The van der Waals surface area contributed by atoms with E-state index in [1.54, 1.807) is 0 Å². The lowest BCUT2D eigenvalue weighted by atomic mass is 10.0. The van der Waals surface area contributed by atoms with Crippen LogP contribution in [-0.2, 0) is 0 Å². The number of rotatable bonds is 5. The zero-order chi connectivity index (χ0) is 37.5. The highest BCUT2D eigenvalue weighted by atomic mass is 16.3. The van der Waals surface area contributed by atoms with Crippen molar-refractivity contribution in [3.63, 3.8) is 0 Å². The Morgan fingerprint density at radius 1 is 0.368 bits per heavy atom. The van der Waals surface area contributed by atoms with Crippen LogP contribution in [0.4, 0.5) is 0 Å². The Kier molecular flexibility index (Phi) is 6.83. The fourth-order valence-corrected chi connectivity index (χ4v) is 8.69. The fourth-order valence-electron chi connectivity index (χ4n) is 8.69. The van der Waals surface area contributed by atoms with Crippen LogP contribution in [0.1, 0.15) is 0 Å². The molecule has 0 N–H and O–H groups in total. The number of nitrogens with zero attached hydrogens (tertiary/aromatic N) is 5. The normalized spacial score (nSPS) is 11.9. The van der Waals surface area contributed by atoms with E-state index in [4.69, 9.17) is 19.4 Å². The van der Waals surface area contributed by atoms with Crippen molar-refractivity contribution in [2.75, 3.05) is 0 Å². The second kappa shape index (κ2) is 12.3. The van der Waals surface area contributed by atoms with Gasteiger partial charge in [0.15, 0.2) is 23.1 Å². The molecule has 0 amide bonds. The molecule has 266 valence electrons. The fraction of sp³-hybridized carbons (Fsp3) is 0. The maximum atomic E-state index is 7.04. The number of furan rings is 1. The summed E-state index contributed by atoms with van der Waals surface area (Å²) >= 11 is 0. The van der Waals surface area contributed by atoms with E-state index in [-0.39, 0.29) is 0 Å². The molecule has 0 saturated heterocycles. The molecule has 4 heterocycles. The van der Waals surface area contributed by atoms with Crippen molar-refractivity contribution in [2.45, 2.75) is 0 Å². The molecule has 6 nitrogen and oxygen atoms in total. The molecule has 0 unspecified atom stereocenters. The molecule has 8 aromatic carbocycles. The quantitative estimate of drug-likeness (QED) is 0.177. The molecule has 0 aliphatic heterocycles. The minimum Gasteiger partial charge on any atom is -0.454 e. The van der Waals surface area contributed by atoms with Crippen LogP contribution in [0.3, 0.4) is 0 Å². The van der Waals surface area contributed by atoms with Crippen LogP contribution in [0.5, 0.6) is 0 Å². The highest BCUT2D eigenvalue weighted by Crippen LogP contribution is 2.43. The average molecular weight is 730 g/mol. The van der Waals surface area contributed by atoms with Gasteiger partial charge in [-0.3, -0.25) is 0 Å². The van der Waals surface area contributed by atoms with Crippen LogP contribution in [0, 0.1) is 0 Å². The van der Waals surface area contributed by atoms with E-state index in [9.17, 15) is 0 Å². The number of benzene rings is 8. The lowest BCUT2D eigenvalue weighted by Gasteiger charge is -2.14. The summed E-state index contributed by atoms with van der Waals surface area (Å²) in [5, 5.41) is 6.70. The smallest absolute Gasteiger partial charge is 0.164 e. The van der Waals surface area contributed by atoms with Crippen molar-refractivity contribution in [3.05, 3.63) is 188 Å². The molecule has 0 aliphatic carbocycles. The first kappa shape index (κ1) is 31.5. The molecule has 0 bridgehead atoms.